The highest BCUT2D eigenvalue weighted by molar-refractivity contribution is 6.42. The molecule has 4 heteroatoms. The maximum absolute atomic E-state index is 11.8. The summed E-state index contributed by atoms with van der Waals surface area (Å²) in [5.74, 6) is -0.852. The number of carbonyl (C=O) groups excluding carboxylic acids is 2. The molecule has 0 atom stereocenters. The number of phenols is 1. The van der Waals surface area contributed by atoms with E-state index in [1.54, 1.807) is 4.90 Å². The van der Waals surface area contributed by atoms with Crippen molar-refractivity contribution in [3.8, 4) is 5.75 Å². The maximum atomic E-state index is 11.8. The number of nitrogens with zero attached hydrogens (tertiary/aromatic N) is 1. The summed E-state index contributed by atoms with van der Waals surface area (Å²) in [6, 6.07) is 5.74. The van der Waals surface area contributed by atoms with Crippen LogP contribution < -0.4 is 0 Å². The van der Waals surface area contributed by atoms with Crippen LogP contribution in [-0.4, -0.2) is 34.8 Å². The van der Waals surface area contributed by atoms with Crippen molar-refractivity contribution in [3.63, 3.8) is 0 Å². The number of ketones is 1. The fourth-order valence-corrected chi connectivity index (χ4v) is 1.80. The van der Waals surface area contributed by atoms with E-state index in [0.29, 0.717) is 18.7 Å². The summed E-state index contributed by atoms with van der Waals surface area (Å²) in [5.41, 5.74) is 0.328. The molecule has 0 radical (unpaired) electrons. The molecule has 1 amide bonds. The lowest BCUT2D eigenvalue weighted by molar-refractivity contribution is -0.125. The first-order valence-corrected chi connectivity index (χ1v) is 5.31. The van der Waals surface area contributed by atoms with E-state index in [4.69, 9.17) is 5.11 Å². The van der Waals surface area contributed by atoms with Gasteiger partial charge in [-0.25, -0.2) is 0 Å². The Kier molecular flexibility index (Phi) is 2.90. The molecule has 0 spiro atoms. The highest BCUT2D eigenvalue weighted by Gasteiger charge is 2.25. The largest absolute Gasteiger partial charge is 0.508 e. The first kappa shape index (κ1) is 10.7. The van der Waals surface area contributed by atoms with Crippen LogP contribution in [0.15, 0.2) is 24.3 Å². The second-order valence-electron chi connectivity index (χ2n) is 3.88. The second kappa shape index (κ2) is 4.35. The molecule has 4 nitrogen and oxygen atoms in total. The van der Waals surface area contributed by atoms with Crippen LogP contribution >= 0.6 is 0 Å². The Morgan fingerprint density at radius 2 is 1.62 bits per heavy atom. The van der Waals surface area contributed by atoms with Crippen LogP contribution in [0.25, 0.3) is 0 Å². The van der Waals surface area contributed by atoms with E-state index in [9.17, 15) is 9.59 Å². The van der Waals surface area contributed by atoms with E-state index in [-0.39, 0.29) is 5.75 Å². The fourth-order valence-electron chi connectivity index (χ4n) is 1.80. The number of likely N-dealkylation sites (tertiary alicyclic amines) is 1. The average Bonchev–Trinajstić information content (AvgIpc) is 2.81. The van der Waals surface area contributed by atoms with E-state index in [0.717, 1.165) is 12.8 Å². The molecule has 0 unspecified atom stereocenters. The van der Waals surface area contributed by atoms with Crippen LogP contribution in [0.3, 0.4) is 0 Å². The molecule has 0 bridgehead atoms. The number of carbonyl (C=O) groups is 2. The minimum Gasteiger partial charge on any atom is -0.508 e. The molecule has 1 aromatic rings. The summed E-state index contributed by atoms with van der Waals surface area (Å²) in [6.45, 7) is 1.34. The SMILES string of the molecule is O=C(C(=O)N1CCCC1)c1ccc(O)cc1. The molecule has 1 fully saturated rings. The maximum Gasteiger partial charge on any atom is 0.294 e. The van der Waals surface area contributed by atoms with E-state index in [1.807, 2.05) is 0 Å². The number of hydrogen-bond acceptors (Lipinski definition) is 3. The molecule has 1 heterocycles. The Balaban J connectivity index is 2.12. The van der Waals surface area contributed by atoms with Crippen LogP contribution in [0.2, 0.25) is 0 Å². The van der Waals surface area contributed by atoms with Crippen LogP contribution in [0.4, 0.5) is 0 Å². The zero-order valence-corrected chi connectivity index (χ0v) is 8.85. The van der Waals surface area contributed by atoms with E-state index >= 15 is 0 Å². The van der Waals surface area contributed by atoms with Crippen LogP contribution in [0.5, 0.6) is 5.75 Å². The molecule has 1 N–H and O–H groups in total. The molecule has 1 aromatic carbocycles. The van der Waals surface area contributed by atoms with Gasteiger partial charge in [0.15, 0.2) is 0 Å². The van der Waals surface area contributed by atoms with Crippen molar-refractivity contribution in [1.29, 1.82) is 0 Å². The summed E-state index contributed by atoms with van der Waals surface area (Å²) < 4.78 is 0. The lowest BCUT2D eigenvalue weighted by atomic mass is 10.1. The Hall–Kier alpha value is -1.84. The van der Waals surface area contributed by atoms with Gasteiger partial charge in [0, 0.05) is 18.7 Å². The van der Waals surface area contributed by atoms with Crippen molar-refractivity contribution in [2.75, 3.05) is 13.1 Å². The molecule has 0 aromatic heterocycles. The van der Waals surface area contributed by atoms with Gasteiger partial charge in [-0.05, 0) is 37.1 Å². The summed E-state index contributed by atoms with van der Waals surface area (Å²) in [7, 11) is 0. The van der Waals surface area contributed by atoms with Crippen molar-refractivity contribution in [1.82, 2.24) is 4.90 Å². The van der Waals surface area contributed by atoms with Crippen molar-refractivity contribution in [3.05, 3.63) is 29.8 Å². The minimum atomic E-state index is -0.498. The molecule has 1 saturated heterocycles. The summed E-state index contributed by atoms with van der Waals surface area (Å²) in [4.78, 5) is 25.1. The quantitative estimate of drug-likeness (QED) is 0.600. The minimum absolute atomic E-state index is 0.0881. The van der Waals surface area contributed by atoms with Gasteiger partial charge in [0.25, 0.3) is 5.91 Å². The summed E-state index contributed by atoms with van der Waals surface area (Å²) >= 11 is 0. The number of benzene rings is 1. The van der Waals surface area contributed by atoms with E-state index < -0.39 is 11.7 Å². The number of rotatable bonds is 2. The highest BCUT2D eigenvalue weighted by atomic mass is 16.3. The number of amides is 1. The number of aromatic hydroxyl groups is 1. The first-order valence-electron chi connectivity index (χ1n) is 5.31. The summed E-state index contributed by atoms with van der Waals surface area (Å²) in [6.07, 6.45) is 1.93. The van der Waals surface area contributed by atoms with Gasteiger partial charge in [0.1, 0.15) is 5.75 Å². The molecule has 0 saturated carbocycles. The van der Waals surface area contributed by atoms with Gasteiger partial charge in [0.2, 0.25) is 5.78 Å². The second-order valence-corrected chi connectivity index (χ2v) is 3.88. The van der Waals surface area contributed by atoms with Crippen LogP contribution in [0, 0.1) is 0 Å². The van der Waals surface area contributed by atoms with Crippen LogP contribution in [-0.2, 0) is 4.79 Å². The Morgan fingerprint density at radius 3 is 2.19 bits per heavy atom. The molecular weight excluding hydrogens is 206 g/mol. The zero-order chi connectivity index (χ0) is 11.5. The van der Waals surface area contributed by atoms with E-state index in [1.165, 1.54) is 24.3 Å². The Morgan fingerprint density at radius 1 is 1.06 bits per heavy atom. The molecule has 2 rings (SSSR count). The number of Topliss-reactive ketones (excluding diaryl/α,β-unsaturated/α-hetero) is 1. The van der Waals surface area contributed by atoms with Gasteiger partial charge in [-0.3, -0.25) is 9.59 Å². The third-order valence-corrected chi connectivity index (χ3v) is 2.72. The molecule has 16 heavy (non-hydrogen) atoms. The van der Waals surface area contributed by atoms with Crippen molar-refractivity contribution < 1.29 is 14.7 Å². The van der Waals surface area contributed by atoms with Gasteiger partial charge in [-0.2, -0.15) is 0 Å². The standard InChI is InChI=1S/C12H13NO3/c14-10-5-3-9(4-6-10)11(15)12(16)13-7-1-2-8-13/h3-6,14H,1-2,7-8H2. The number of hydrogen-bond donors (Lipinski definition) is 1. The average molecular weight is 219 g/mol. The van der Waals surface area contributed by atoms with Crippen molar-refractivity contribution in [2.24, 2.45) is 0 Å². The van der Waals surface area contributed by atoms with Gasteiger partial charge < -0.3 is 10.0 Å². The molecular formula is C12H13NO3. The lowest BCUT2D eigenvalue weighted by Gasteiger charge is -2.13. The third-order valence-electron chi connectivity index (χ3n) is 2.72. The highest BCUT2D eigenvalue weighted by Crippen LogP contribution is 2.13. The van der Waals surface area contributed by atoms with Crippen LogP contribution in [0.1, 0.15) is 23.2 Å². The van der Waals surface area contributed by atoms with Gasteiger partial charge in [-0.15, -0.1) is 0 Å². The van der Waals surface area contributed by atoms with Gasteiger partial charge in [0.05, 0.1) is 0 Å². The zero-order valence-electron chi connectivity index (χ0n) is 8.85. The monoisotopic (exact) mass is 219 g/mol. The topological polar surface area (TPSA) is 57.6 Å². The normalized spacial score (nSPS) is 15.1. The van der Waals surface area contributed by atoms with E-state index in [2.05, 4.69) is 0 Å². The Labute approximate surface area is 93.5 Å². The number of phenolic OH excluding ortho intramolecular Hbond substituents is 1. The van der Waals surface area contributed by atoms with Gasteiger partial charge in [-0.1, -0.05) is 0 Å². The predicted octanol–water partition coefficient (Wildman–Crippen LogP) is 1.20. The third kappa shape index (κ3) is 2.05. The van der Waals surface area contributed by atoms with Gasteiger partial charge >= 0.3 is 0 Å². The molecule has 1 aliphatic heterocycles. The smallest absolute Gasteiger partial charge is 0.294 e. The molecule has 84 valence electrons. The lowest BCUT2D eigenvalue weighted by Crippen LogP contribution is -2.34. The Bertz CT molecular complexity index is 405. The molecule has 1 aliphatic rings. The first-order chi connectivity index (χ1) is 7.68. The summed E-state index contributed by atoms with van der Waals surface area (Å²) in [5, 5.41) is 9.08. The predicted molar refractivity (Wildman–Crippen MR) is 58.3 cm³/mol. The van der Waals surface area contributed by atoms with Crippen molar-refractivity contribution >= 4 is 11.7 Å². The molecule has 0 aliphatic carbocycles. The van der Waals surface area contributed by atoms with Crippen molar-refractivity contribution in [2.45, 2.75) is 12.8 Å². The fraction of sp³-hybridized carbons (Fsp3) is 0.333.